The molecule has 3 fully saturated rings. The molecule has 2 aliphatic heterocycles. The van der Waals surface area contributed by atoms with E-state index in [2.05, 4.69) is 10.2 Å². The van der Waals surface area contributed by atoms with Gasteiger partial charge in [-0.1, -0.05) is 18.9 Å². The van der Waals surface area contributed by atoms with E-state index in [1.807, 2.05) is 0 Å². The summed E-state index contributed by atoms with van der Waals surface area (Å²) in [5, 5.41) is 3.01. The van der Waals surface area contributed by atoms with Crippen molar-refractivity contribution in [2.45, 2.75) is 63.1 Å². The first-order valence-corrected chi connectivity index (χ1v) is 11.3. The Bertz CT molecular complexity index is 760. The van der Waals surface area contributed by atoms with Gasteiger partial charge in [-0.3, -0.25) is 14.5 Å². The van der Waals surface area contributed by atoms with Gasteiger partial charge in [0.25, 0.3) is 5.91 Å². The Morgan fingerprint density at radius 2 is 1.83 bits per heavy atom. The number of halogens is 1. The van der Waals surface area contributed by atoms with E-state index in [9.17, 15) is 14.0 Å². The van der Waals surface area contributed by atoms with E-state index >= 15 is 0 Å². The van der Waals surface area contributed by atoms with Crippen molar-refractivity contribution in [3.05, 3.63) is 35.6 Å². The molecule has 0 aromatic heterocycles. The van der Waals surface area contributed by atoms with E-state index < -0.39 is 17.6 Å². The van der Waals surface area contributed by atoms with E-state index in [1.54, 1.807) is 11.0 Å². The molecule has 0 radical (unpaired) electrons. The molecule has 1 N–H and O–H groups in total. The zero-order valence-electron chi connectivity index (χ0n) is 17.6. The van der Waals surface area contributed by atoms with Crippen LogP contribution in [0.25, 0.3) is 0 Å². The fourth-order valence-corrected chi connectivity index (χ4v) is 5.07. The lowest BCUT2D eigenvalue weighted by molar-refractivity contribution is -0.127. The molecular formula is C23H32FN3O3. The summed E-state index contributed by atoms with van der Waals surface area (Å²) in [7, 11) is 0. The summed E-state index contributed by atoms with van der Waals surface area (Å²) in [5.41, 5.74) is -0.493. The topological polar surface area (TPSA) is 61.9 Å². The maximum absolute atomic E-state index is 13.8. The predicted molar refractivity (Wildman–Crippen MR) is 111 cm³/mol. The third-order valence-corrected chi connectivity index (χ3v) is 6.66. The molecule has 164 valence electrons. The second kappa shape index (κ2) is 9.43. The van der Waals surface area contributed by atoms with Crippen LogP contribution in [0.4, 0.5) is 4.39 Å². The molecule has 1 saturated carbocycles. The molecule has 0 unspecified atom stereocenters. The van der Waals surface area contributed by atoms with Crippen LogP contribution in [0.5, 0.6) is 0 Å². The number of benzene rings is 1. The number of hydrogen-bond acceptors (Lipinski definition) is 4. The maximum Gasteiger partial charge on any atom is 0.256 e. The maximum atomic E-state index is 13.8. The summed E-state index contributed by atoms with van der Waals surface area (Å²) in [5.74, 6) is -0.967. The Kier molecular flexibility index (Phi) is 6.68. The van der Waals surface area contributed by atoms with Crippen LogP contribution in [0.15, 0.2) is 24.3 Å². The van der Waals surface area contributed by atoms with Crippen molar-refractivity contribution in [1.29, 1.82) is 0 Å². The number of nitrogens with zero attached hydrogens (tertiary/aromatic N) is 2. The van der Waals surface area contributed by atoms with Crippen molar-refractivity contribution in [3.63, 3.8) is 0 Å². The summed E-state index contributed by atoms with van der Waals surface area (Å²) in [6.45, 7) is 3.73. The normalized spacial score (nSPS) is 24.2. The first kappa shape index (κ1) is 21.2. The number of hydrogen-bond donors (Lipinski definition) is 1. The molecule has 2 saturated heterocycles. The summed E-state index contributed by atoms with van der Waals surface area (Å²) in [6, 6.07) is 5.01. The van der Waals surface area contributed by atoms with Crippen LogP contribution >= 0.6 is 0 Å². The van der Waals surface area contributed by atoms with E-state index in [1.165, 1.54) is 37.5 Å². The van der Waals surface area contributed by atoms with Gasteiger partial charge in [0, 0.05) is 18.7 Å². The number of ether oxygens (including phenoxy) is 1. The minimum absolute atomic E-state index is 0.181. The van der Waals surface area contributed by atoms with Crippen LogP contribution < -0.4 is 5.32 Å². The third kappa shape index (κ3) is 4.52. The van der Waals surface area contributed by atoms with Crippen LogP contribution in [-0.2, 0) is 9.53 Å². The highest BCUT2D eigenvalue weighted by molar-refractivity contribution is 5.98. The van der Waals surface area contributed by atoms with Gasteiger partial charge in [0.15, 0.2) is 0 Å². The molecule has 4 rings (SSSR count). The lowest BCUT2D eigenvalue weighted by Gasteiger charge is -2.41. The lowest BCUT2D eigenvalue weighted by atomic mass is 9.89. The van der Waals surface area contributed by atoms with E-state index in [-0.39, 0.29) is 24.0 Å². The molecule has 0 bridgehead atoms. The Hall–Kier alpha value is -1.99. The van der Waals surface area contributed by atoms with Crippen molar-refractivity contribution in [2.75, 3.05) is 32.8 Å². The minimum atomic E-state index is -0.753. The summed E-state index contributed by atoms with van der Waals surface area (Å²) >= 11 is 0. The quantitative estimate of drug-likeness (QED) is 0.800. The van der Waals surface area contributed by atoms with Crippen LogP contribution in [0, 0.1) is 5.82 Å². The minimum Gasteiger partial charge on any atom is -0.353 e. The van der Waals surface area contributed by atoms with Crippen molar-refractivity contribution >= 4 is 11.8 Å². The molecule has 1 aliphatic carbocycles. The monoisotopic (exact) mass is 417 g/mol. The highest BCUT2D eigenvalue weighted by Gasteiger charge is 2.52. The van der Waals surface area contributed by atoms with Crippen LogP contribution in [0.1, 0.15) is 61.7 Å². The molecule has 7 heteroatoms. The average molecular weight is 418 g/mol. The number of carbonyl (C=O) groups excluding carboxylic acids is 2. The van der Waals surface area contributed by atoms with Crippen LogP contribution in [0.3, 0.4) is 0 Å². The number of rotatable bonds is 5. The number of piperidine rings is 1. The highest BCUT2D eigenvalue weighted by atomic mass is 19.1. The molecule has 1 aromatic carbocycles. The number of nitrogens with one attached hydrogen (secondary N) is 1. The van der Waals surface area contributed by atoms with Crippen molar-refractivity contribution in [1.82, 2.24) is 15.1 Å². The second-order valence-corrected chi connectivity index (χ2v) is 8.71. The zero-order valence-corrected chi connectivity index (χ0v) is 17.6. The number of amides is 2. The van der Waals surface area contributed by atoms with Gasteiger partial charge in [0.2, 0.25) is 5.91 Å². The standard InChI is InChI=1S/C23H32FN3O3/c24-19-9-7-8-18(16-19)22(29)27-20(17-30-23(27)10-3-1-4-11-23)21(28)25-12-15-26-13-5-2-6-14-26/h7-9,16,20H,1-6,10-15,17H2,(H,25,28)/t20-/m0/s1. The van der Waals surface area contributed by atoms with Gasteiger partial charge in [-0.05, 0) is 69.8 Å². The molecule has 6 nitrogen and oxygen atoms in total. The molecule has 2 heterocycles. The summed E-state index contributed by atoms with van der Waals surface area (Å²) < 4.78 is 19.9. The number of carbonyl (C=O) groups is 2. The number of likely N-dealkylation sites (tertiary alicyclic amines) is 1. The van der Waals surface area contributed by atoms with Gasteiger partial charge in [0.1, 0.15) is 17.6 Å². The Morgan fingerprint density at radius 1 is 1.10 bits per heavy atom. The fraction of sp³-hybridized carbons (Fsp3) is 0.652. The van der Waals surface area contributed by atoms with Crippen LogP contribution in [-0.4, -0.2) is 66.2 Å². The van der Waals surface area contributed by atoms with E-state index in [0.29, 0.717) is 19.4 Å². The van der Waals surface area contributed by atoms with Crippen molar-refractivity contribution in [2.24, 2.45) is 0 Å². The predicted octanol–water partition coefficient (Wildman–Crippen LogP) is 2.93. The zero-order chi connectivity index (χ0) is 21.0. The molecule has 1 spiro atoms. The van der Waals surface area contributed by atoms with E-state index in [4.69, 9.17) is 4.74 Å². The van der Waals surface area contributed by atoms with Crippen molar-refractivity contribution < 1.29 is 18.7 Å². The van der Waals surface area contributed by atoms with Gasteiger partial charge in [0.05, 0.1) is 6.61 Å². The molecule has 2 amide bonds. The molecule has 1 atom stereocenters. The van der Waals surface area contributed by atoms with E-state index in [0.717, 1.165) is 38.9 Å². The van der Waals surface area contributed by atoms with Gasteiger partial charge in [-0.2, -0.15) is 0 Å². The molecule has 1 aromatic rings. The van der Waals surface area contributed by atoms with Crippen molar-refractivity contribution in [3.8, 4) is 0 Å². The molecule has 3 aliphatic rings. The highest BCUT2D eigenvalue weighted by Crippen LogP contribution is 2.41. The van der Waals surface area contributed by atoms with Gasteiger partial charge in [-0.15, -0.1) is 0 Å². The van der Waals surface area contributed by atoms with Crippen LogP contribution in [0.2, 0.25) is 0 Å². The van der Waals surface area contributed by atoms with Gasteiger partial charge in [-0.25, -0.2) is 4.39 Å². The van der Waals surface area contributed by atoms with Gasteiger partial charge < -0.3 is 15.0 Å². The first-order valence-electron chi connectivity index (χ1n) is 11.3. The largest absolute Gasteiger partial charge is 0.353 e. The second-order valence-electron chi connectivity index (χ2n) is 8.71. The molecular weight excluding hydrogens is 385 g/mol. The summed E-state index contributed by atoms with van der Waals surface area (Å²) in [6.07, 6.45) is 8.14. The Morgan fingerprint density at radius 3 is 2.57 bits per heavy atom. The summed E-state index contributed by atoms with van der Waals surface area (Å²) in [4.78, 5) is 30.4. The SMILES string of the molecule is O=C(NCCN1CCCCC1)[C@@H]1COC2(CCCCC2)N1C(=O)c1cccc(F)c1. The molecule has 30 heavy (non-hydrogen) atoms. The first-order chi connectivity index (χ1) is 14.6. The average Bonchev–Trinajstić information content (AvgIpc) is 3.12. The lowest BCUT2D eigenvalue weighted by Crippen LogP contribution is -2.56. The Balaban J connectivity index is 1.47. The van der Waals surface area contributed by atoms with Gasteiger partial charge >= 0.3 is 0 Å². The fourth-order valence-electron chi connectivity index (χ4n) is 5.07. The third-order valence-electron chi connectivity index (χ3n) is 6.66. The Labute approximate surface area is 177 Å². The smallest absolute Gasteiger partial charge is 0.256 e.